The Balaban J connectivity index is 3.93. The van der Waals surface area contributed by atoms with Crippen LogP contribution in [0.5, 0.6) is 0 Å². The van der Waals surface area contributed by atoms with Crippen molar-refractivity contribution in [2.24, 2.45) is 0 Å². The van der Waals surface area contributed by atoms with Crippen molar-refractivity contribution in [3.8, 4) is 6.19 Å². The Hall–Kier alpha value is -2.09. The summed E-state index contributed by atoms with van der Waals surface area (Å²) >= 11 is 0. The summed E-state index contributed by atoms with van der Waals surface area (Å²) < 4.78 is 4.81. The molecule has 0 aromatic heterocycles. The Morgan fingerprint density at radius 1 is 1.50 bits per heavy atom. The summed E-state index contributed by atoms with van der Waals surface area (Å²) in [7, 11) is 0. The van der Waals surface area contributed by atoms with Crippen molar-refractivity contribution in [1.82, 2.24) is 5.32 Å². The highest BCUT2D eigenvalue weighted by Crippen LogP contribution is 1.98. The van der Waals surface area contributed by atoms with Crippen LogP contribution in [-0.2, 0) is 14.3 Å². The minimum Gasteiger partial charge on any atom is -0.462 e. The normalized spacial score (nSPS) is 10.2. The number of amides is 1. The average Bonchev–Trinajstić information content (AvgIpc) is 2.23. The number of nitrogens with one attached hydrogen (secondary N) is 1. The molecule has 0 aliphatic carbocycles. The predicted molar refractivity (Wildman–Crippen MR) is 57.9 cm³/mol. The molecular formula is C11H14N2O3. The molecule has 0 aromatic rings. The second-order valence-corrected chi connectivity index (χ2v) is 3.16. The lowest BCUT2D eigenvalue weighted by molar-refractivity contribution is -0.138. The van der Waals surface area contributed by atoms with Gasteiger partial charge in [0.25, 0.3) is 5.91 Å². The van der Waals surface area contributed by atoms with Crippen LogP contribution in [-0.4, -0.2) is 18.5 Å². The van der Waals surface area contributed by atoms with Gasteiger partial charge in [-0.3, -0.25) is 10.1 Å². The average molecular weight is 222 g/mol. The van der Waals surface area contributed by atoms with E-state index in [9.17, 15) is 9.59 Å². The molecular weight excluding hydrogens is 208 g/mol. The first-order valence-electron chi connectivity index (χ1n) is 4.68. The predicted octanol–water partition coefficient (Wildman–Crippen LogP) is 1.04. The molecule has 0 saturated carbocycles. The van der Waals surface area contributed by atoms with Crippen molar-refractivity contribution >= 4 is 11.9 Å². The fourth-order valence-corrected chi connectivity index (χ4v) is 0.792. The molecule has 0 unspecified atom stereocenters. The standard InChI is InChI=1S/C11H14N2O3/c1-8(2)11(15)16-6-4-5-9(3)10(14)13-7-12/h5H,1,4,6H2,2-3H3,(H,13,14). The van der Waals surface area contributed by atoms with Crippen LogP contribution in [0.4, 0.5) is 0 Å². The number of nitrogens with zero attached hydrogens (tertiary/aromatic N) is 1. The molecule has 0 aromatic carbocycles. The topological polar surface area (TPSA) is 79.2 Å². The van der Waals surface area contributed by atoms with Crippen LogP contribution in [0, 0.1) is 11.5 Å². The van der Waals surface area contributed by atoms with E-state index in [1.165, 1.54) is 6.19 Å². The number of hydrogen-bond acceptors (Lipinski definition) is 4. The highest BCUT2D eigenvalue weighted by molar-refractivity contribution is 5.93. The molecule has 1 N–H and O–H groups in total. The number of carbonyl (C=O) groups excluding carboxylic acids is 2. The highest BCUT2D eigenvalue weighted by Gasteiger charge is 2.03. The van der Waals surface area contributed by atoms with Crippen molar-refractivity contribution < 1.29 is 14.3 Å². The SMILES string of the molecule is C=C(C)C(=O)OCCC=C(C)C(=O)NC#N. The third kappa shape index (κ3) is 5.60. The number of nitriles is 1. The lowest BCUT2D eigenvalue weighted by Gasteiger charge is -2.02. The Morgan fingerprint density at radius 2 is 2.12 bits per heavy atom. The summed E-state index contributed by atoms with van der Waals surface area (Å²) in [6, 6.07) is 0. The summed E-state index contributed by atoms with van der Waals surface area (Å²) in [6.45, 7) is 6.75. The fourth-order valence-electron chi connectivity index (χ4n) is 0.792. The van der Waals surface area contributed by atoms with Crippen LogP contribution in [0.1, 0.15) is 20.3 Å². The van der Waals surface area contributed by atoms with Crippen LogP contribution in [0.3, 0.4) is 0 Å². The van der Waals surface area contributed by atoms with E-state index in [-0.39, 0.29) is 6.61 Å². The first-order chi connectivity index (χ1) is 7.49. The van der Waals surface area contributed by atoms with Crippen LogP contribution >= 0.6 is 0 Å². The molecule has 0 fully saturated rings. The van der Waals surface area contributed by atoms with Gasteiger partial charge >= 0.3 is 5.97 Å². The fraction of sp³-hybridized carbons (Fsp3) is 0.364. The maximum Gasteiger partial charge on any atom is 0.333 e. The second kappa shape index (κ2) is 7.23. The lowest BCUT2D eigenvalue weighted by Crippen LogP contribution is -2.18. The van der Waals surface area contributed by atoms with Gasteiger partial charge < -0.3 is 4.74 Å². The largest absolute Gasteiger partial charge is 0.462 e. The van der Waals surface area contributed by atoms with Gasteiger partial charge in [-0.15, -0.1) is 0 Å². The Labute approximate surface area is 94.4 Å². The highest BCUT2D eigenvalue weighted by atomic mass is 16.5. The molecule has 86 valence electrons. The molecule has 0 heterocycles. The third-order valence-electron chi connectivity index (χ3n) is 1.68. The van der Waals surface area contributed by atoms with Gasteiger partial charge in [-0.25, -0.2) is 4.79 Å². The van der Waals surface area contributed by atoms with Gasteiger partial charge in [0.05, 0.1) is 6.61 Å². The van der Waals surface area contributed by atoms with E-state index < -0.39 is 11.9 Å². The van der Waals surface area contributed by atoms with Crippen LogP contribution in [0.2, 0.25) is 0 Å². The van der Waals surface area contributed by atoms with Gasteiger partial charge in [-0.05, 0) is 13.8 Å². The number of carbonyl (C=O) groups is 2. The molecule has 0 saturated heterocycles. The van der Waals surface area contributed by atoms with Crippen molar-refractivity contribution in [2.75, 3.05) is 6.61 Å². The zero-order valence-electron chi connectivity index (χ0n) is 9.37. The van der Waals surface area contributed by atoms with E-state index in [0.717, 1.165) is 0 Å². The van der Waals surface area contributed by atoms with E-state index in [0.29, 0.717) is 17.6 Å². The Bertz CT molecular complexity index is 364. The smallest absolute Gasteiger partial charge is 0.333 e. The van der Waals surface area contributed by atoms with Crippen molar-refractivity contribution in [2.45, 2.75) is 20.3 Å². The molecule has 5 nitrogen and oxygen atoms in total. The molecule has 0 aliphatic rings. The lowest BCUT2D eigenvalue weighted by atomic mass is 10.2. The van der Waals surface area contributed by atoms with Gasteiger partial charge in [-0.1, -0.05) is 12.7 Å². The number of ether oxygens (including phenoxy) is 1. The second-order valence-electron chi connectivity index (χ2n) is 3.16. The summed E-state index contributed by atoms with van der Waals surface area (Å²) in [6.07, 6.45) is 3.55. The number of hydrogen-bond donors (Lipinski definition) is 1. The quantitative estimate of drug-likeness (QED) is 0.248. The van der Waals surface area contributed by atoms with Crippen molar-refractivity contribution in [1.29, 1.82) is 5.26 Å². The van der Waals surface area contributed by atoms with Crippen molar-refractivity contribution in [3.63, 3.8) is 0 Å². The molecule has 16 heavy (non-hydrogen) atoms. The molecule has 0 rings (SSSR count). The van der Waals surface area contributed by atoms with E-state index in [1.54, 1.807) is 19.9 Å². The van der Waals surface area contributed by atoms with Gasteiger partial charge in [0.2, 0.25) is 0 Å². The van der Waals surface area contributed by atoms with Gasteiger partial charge in [0, 0.05) is 17.6 Å². The molecule has 0 spiro atoms. The third-order valence-corrected chi connectivity index (χ3v) is 1.68. The van der Waals surface area contributed by atoms with E-state index in [1.807, 2.05) is 5.32 Å². The van der Waals surface area contributed by atoms with Crippen LogP contribution < -0.4 is 5.32 Å². The van der Waals surface area contributed by atoms with E-state index in [2.05, 4.69) is 6.58 Å². The maximum atomic E-state index is 11.1. The van der Waals surface area contributed by atoms with E-state index in [4.69, 9.17) is 10.00 Å². The van der Waals surface area contributed by atoms with E-state index >= 15 is 0 Å². The zero-order valence-corrected chi connectivity index (χ0v) is 9.37. The summed E-state index contributed by atoms with van der Waals surface area (Å²) in [4.78, 5) is 22.0. The summed E-state index contributed by atoms with van der Waals surface area (Å²) in [5.41, 5.74) is 0.746. The zero-order chi connectivity index (χ0) is 12.6. The Morgan fingerprint density at radius 3 is 2.62 bits per heavy atom. The first-order valence-corrected chi connectivity index (χ1v) is 4.68. The molecule has 1 amide bonds. The van der Waals surface area contributed by atoms with Crippen LogP contribution in [0.25, 0.3) is 0 Å². The first kappa shape index (κ1) is 13.9. The maximum absolute atomic E-state index is 11.1. The van der Waals surface area contributed by atoms with Gasteiger partial charge in [-0.2, -0.15) is 5.26 Å². The van der Waals surface area contributed by atoms with Gasteiger partial charge in [0.1, 0.15) is 0 Å². The number of esters is 1. The summed E-state index contributed by atoms with van der Waals surface area (Å²) in [5.74, 6) is -0.902. The molecule has 5 heteroatoms. The monoisotopic (exact) mass is 222 g/mol. The molecule has 0 atom stereocenters. The minimum atomic E-state index is -0.451. The number of rotatable bonds is 5. The molecule has 0 bridgehead atoms. The summed E-state index contributed by atoms with van der Waals surface area (Å²) in [5, 5.41) is 10.2. The minimum absolute atomic E-state index is 0.183. The van der Waals surface area contributed by atoms with Gasteiger partial charge in [0.15, 0.2) is 6.19 Å². The molecule has 0 aliphatic heterocycles. The molecule has 0 radical (unpaired) electrons. The van der Waals surface area contributed by atoms with Crippen molar-refractivity contribution in [3.05, 3.63) is 23.8 Å². The Kier molecular flexibility index (Phi) is 6.29. The van der Waals surface area contributed by atoms with Crippen LogP contribution in [0.15, 0.2) is 23.8 Å².